The Morgan fingerprint density at radius 2 is 1.86 bits per heavy atom. The highest BCUT2D eigenvalue weighted by Crippen LogP contribution is 2.41. The molecule has 2 aliphatic rings. The maximum Gasteiger partial charge on any atom is 0.405 e. The number of carbonyl (C=O) groups is 1. The van der Waals surface area contributed by atoms with E-state index in [2.05, 4.69) is 23.5 Å². The molecule has 2 aromatic carbocycles. The van der Waals surface area contributed by atoms with Crippen molar-refractivity contribution in [2.75, 3.05) is 13.2 Å². The largest absolute Gasteiger partial charge is 0.508 e. The standard InChI is InChI=1S/C22H25NO5S/c1-21(2)27-12-22(13-28-21,23-20(25)26)8-7-14-3-4-15-10-16-11-17(24)5-6-18(16)29-19(15)9-14/h3-6,9,11,23-24H,7-8,10,12-13H2,1-2H3,(H,25,26). The van der Waals surface area contributed by atoms with Crippen molar-refractivity contribution >= 4 is 17.9 Å². The van der Waals surface area contributed by atoms with Crippen LogP contribution in [-0.2, 0) is 22.3 Å². The zero-order valence-electron chi connectivity index (χ0n) is 16.5. The van der Waals surface area contributed by atoms with Gasteiger partial charge in [-0.05, 0) is 74.1 Å². The topological polar surface area (TPSA) is 88.0 Å². The minimum atomic E-state index is -1.07. The second kappa shape index (κ2) is 7.55. The lowest BCUT2D eigenvalue weighted by Gasteiger charge is -2.43. The van der Waals surface area contributed by atoms with E-state index in [1.54, 1.807) is 17.8 Å². The Bertz CT molecular complexity index is 933. The van der Waals surface area contributed by atoms with Crippen molar-refractivity contribution in [1.82, 2.24) is 5.32 Å². The molecule has 2 heterocycles. The molecule has 0 spiro atoms. The van der Waals surface area contributed by atoms with Crippen molar-refractivity contribution in [1.29, 1.82) is 0 Å². The van der Waals surface area contributed by atoms with Crippen LogP contribution in [0.2, 0.25) is 0 Å². The van der Waals surface area contributed by atoms with Gasteiger partial charge in [0.15, 0.2) is 5.79 Å². The Hall–Kier alpha value is -2.22. The predicted molar refractivity (Wildman–Crippen MR) is 110 cm³/mol. The van der Waals surface area contributed by atoms with Crippen LogP contribution in [0.5, 0.6) is 5.75 Å². The van der Waals surface area contributed by atoms with Gasteiger partial charge in [-0.25, -0.2) is 4.79 Å². The maximum absolute atomic E-state index is 11.3. The molecule has 2 aromatic rings. The number of aromatic hydroxyl groups is 1. The number of phenols is 1. The molecule has 29 heavy (non-hydrogen) atoms. The van der Waals surface area contributed by atoms with Crippen LogP contribution >= 0.6 is 11.8 Å². The minimum absolute atomic E-state index is 0.281. The van der Waals surface area contributed by atoms with E-state index < -0.39 is 17.4 Å². The lowest BCUT2D eigenvalue weighted by molar-refractivity contribution is -0.271. The molecule has 1 fully saturated rings. The molecule has 7 heteroatoms. The number of aryl methyl sites for hydroxylation is 1. The van der Waals surface area contributed by atoms with Crippen LogP contribution in [0.4, 0.5) is 4.79 Å². The summed E-state index contributed by atoms with van der Waals surface area (Å²) in [6.45, 7) is 4.22. The molecule has 1 saturated heterocycles. The third kappa shape index (κ3) is 4.52. The molecule has 0 aliphatic carbocycles. The molecular weight excluding hydrogens is 390 g/mol. The summed E-state index contributed by atoms with van der Waals surface area (Å²) in [5.74, 6) is -0.408. The maximum atomic E-state index is 11.3. The number of benzene rings is 2. The van der Waals surface area contributed by atoms with E-state index in [-0.39, 0.29) is 13.2 Å². The van der Waals surface area contributed by atoms with Crippen molar-refractivity contribution in [2.45, 2.75) is 54.2 Å². The number of hydrogen-bond donors (Lipinski definition) is 3. The van der Waals surface area contributed by atoms with Gasteiger partial charge in [0.2, 0.25) is 0 Å². The van der Waals surface area contributed by atoms with Crippen LogP contribution in [0, 0.1) is 0 Å². The molecular formula is C22H25NO5S. The second-order valence-electron chi connectivity index (χ2n) is 8.20. The van der Waals surface area contributed by atoms with Crippen LogP contribution in [0.25, 0.3) is 0 Å². The Balaban J connectivity index is 1.48. The number of fused-ring (bicyclic) bond motifs is 2. The van der Waals surface area contributed by atoms with Crippen molar-refractivity contribution < 1.29 is 24.5 Å². The first-order valence-corrected chi connectivity index (χ1v) is 10.5. The van der Waals surface area contributed by atoms with E-state index in [0.29, 0.717) is 18.6 Å². The molecule has 2 aliphatic heterocycles. The van der Waals surface area contributed by atoms with Gasteiger partial charge in [-0.15, -0.1) is 0 Å². The van der Waals surface area contributed by atoms with Crippen LogP contribution in [-0.4, -0.2) is 40.8 Å². The van der Waals surface area contributed by atoms with Gasteiger partial charge in [0, 0.05) is 9.79 Å². The van der Waals surface area contributed by atoms with Gasteiger partial charge in [-0.1, -0.05) is 23.9 Å². The summed E-state index contributed by atoms with van der Waals surface area (Å²) < 4.78 is 11.5. The average Bonchev–Trinajstić information content (AvgIpc) is 2.66. The Morgan fingerprint density at radius 1 is 1.10 bits per heavy atom. The van der Waals surface area contributed by atoms with Gasteiger partial charge in [0.05, 0.1) is 18.8 Å². The van der Waals surface area contributed by atoms with E-state index in [0.717, 1.165) is 22.4 Å². The molecule has 1 amide bonds. The fourth-order valence-corrected chi connectivity index (χ4v) is 4.84. The summed E-state index contributed by atoms with van der Waals surface area (Å²) in [4.78, 5) is 13.7. The Kier molecular flexibility index (Phi) is 5.23. The normalized spacial score (nSPS) is 19.1. The molecule has 0 unspecified atom stereocenters. The van der Waals surface area contributed by atoms with Crippen molar-refractivity contribution in [3.8, 4) is 5.75 Å². The van der Waals surface area contributed by atoms with Crippen molar-refractivity contribution in [3.63, 3.8) is 0 Å². The van der Waals surface area contributed by atoms with Gasteiger partial charge in [-0.3, -0.25) is 0 Å². The van der Waals surface area contributed by atoms with E-state index >= 15 is 0 Å². The molecule has 4 rings (SSSR count). The monoisotopic (exact) mass is 415 g/mol. The molecule has 0 atom stereocenters. The van der Waals surface area contributed by atoms with Crippen molar-refractivity contribution in [2.24, 2.45) is 0 Å². The number of rotatable bonds is 4. The number of phenolic OH excluding ortho intramolecular Hbond substituents is 1. The van der Waals surface area contributed by atoms with Crippen LogP contribution < -0.4 is 5.32 Å². The smallest absolute Gasteiger partial charge is 0.405 e. The van der Waals surface area contributed by atoms with Gasteiger partial charge in [0.25, 0.3) is 0 Å². The average molecular weight is 416 g/mol. The fourth-order valence-electron chi connectivity index (χ4n) is 3.72. The van der Waals surface area contributed by atoms with Gasteiger partial charge in [0.1, 0.15) is 5.75 Å². The summed E-state index contributed by atoms with van der Waals surface area (Å²) >= 11 is 1.71. The van der Waals surface area contributed by atoms with E-state index in [1.165, 1.54) is 10.5 Å². The van der Waals surface area contributed by atoms with Crippen LogP contribution in [0.3, 0.4) is 0 Å². The first-order chi connectivity index (χ1) is 13.7. The predicted octanol–water partition coefficient (Wildman–Crippen LogP) is 4.17. The molecule has 6 nitrogen and oxygen atoms in total. The summed E-state index contributed by atoms with van der Waals surface area (Å²) in [7, 11) is 0. The third-order valence-electron chi connectivity index (χ3n) is 5.43. The first-order valence-electron chi connectivity index (χ1n) is 9.64. The summed E-state index contributed by atoms with van der Waals surface area (Å²) in [5, 5.41) is 21.6. The number of hydrogen-bond acceptors (Lipinski definition) is 5. The minimum Gasteiger partial charge on any atom is -0.508 e. The highest BCUT2D eigenvalue weighted by molar-refractivity contribution is 7.99. The lowest BCUT2D eigenvalue weighted by Crippen LogP contribution is -2.61. The first kappa shape index (κ1) is 20.1. The SMILES string of the molecule is CC1(C)OCC(CCc2ccc3c(c2)Sc2ccc(O)cc2C3)(NC(=O)O)CO1. The summed E-state index contributed by atoms with van der Waals surface area (Å²) in [5.41, 5.74) is 2.77. The second-order valence-corrected chi connectivity index (χ2v) is 9.28. The van der Waals surface area contributed by atoms with Gasteiger partial charge >= 0.3 is 6.09 Å². The molecule has 154 valence electrons. The van der Waals surface area contributed by atoms with E-state index in [1.807, 2.05) is 26.0 Å². The molecule has 0 aromatic heterocycles. The Labute approximate surface area is 174 Å². The zero-order chi connectivity index (χ0) is 20.6. The van der Waals surface area contributed by atoms with Crippen molar-refractivity contribution in [3.05, 3.63) is 53.1 Å². The third-order valence-corrected chi connectivity index (χ3v) is 6.65. The molecule has 0 bridgehead atoms. The zero-order valence-corrected chi connectivity index (χ0v) is 17.3. The van der Waals surface area contributed by atoms with Crippen LogP contribution in [0.15, 0.2) is 46.2 Å². The number of ether oxygens (including phenoxy) is 2. The molecule has 0 saturated carbocycles. The number of carboxylic acid groups (broad SMARTS) is 1. The number of nitrogens with one attached hydrogen (secondary N) is 1. The van der Waals surface area contributed by atoms with E-state index in [9.17, 15) is 15.0 Å². The Morgan fingerprint density at radius 3 is 2.59 bits per heavy atom. The molecule has 0 radical (unpaired) electrons. The summed E-state index contributed by atoms with van der Waals surface area (Å²) in [6.07, 6.45) is 1.03. The van der Waals surface area contributed by atoms with Gasteiger partial charge in [-0.2, -0.15) is 0 Å². The highest BCUT2D eigenvalue weighted by Gasteiger charge is 2.41. The van der Waals surface area contributed by atoms with E-state index in [4.69, 9.17) is 9.47 Å². The quantitative estimate of drug-likeness (QED) is 0.593. The summed E-state index contributed by atoms with van der Waals surface area (Å²) in [6, 6.07) is 11.9. The lowest BCUT2D eigenvalue weighted by atomic mass is 9.91. The van der Waals surface area contributed by atoms with Gasteiger partial charge < -0.3 is 25.0 Å². The molecule has 3 N–H and O–H groups in total. The fraction of sp³-hybridized carbons (Fsp3) is 0.409. The van der Waals surface area contributed by atoms with Crippen LogP contribution in [0.1, 0.15) is 37.0 Å². The number of amides is 1. The highest BCUT2D eigenvalue weighted by atomic mass is 32.2.